The van der Waals surface area contributed by atoms with Gasteiger partial charge in [-0.3, -0.25) is 0 Å². The average molecular weight is 750 g/mol. The van der Waals surface area contributed by atoms with Crippen LogP contribution < -0.4 is 31.9 Å². The summed E-state index contributed by atoms with van der Waals surface area (Å²) in [5.74, 6) is 1.55. The first-order valence-electron chi connectivity index (χ1n) is 20.8. The van der Waals surface area contributed by atoms with Gasteiger partial charge in [-0.15, -0.1) is 12.4 Å². The van der Waals surface area contributed by atoms with Gasteiger partial charge in [0.15, 0.2) is 0 Å². The van der Waals surface area contributed by atoms with E-state index in [1.165, 1.54) is 64.6 Å². The Bertz CT molecular complexity index is 1240. The molecule has 3 aromatic rings. The molecule has 0 aromatic heterocycles. The topological polar surface area (TPSA) is 72.2 Å². The lowest BCUT2D eigenvalue weighted by molar-refractivity contribution is 0.488. The van der Waals surface area contributed by atoms with E-state index in [1.54, 1.807) is 0 Å². The van der Waals surface area contributed by atoms with Crippen molar-refractivity contribution in [2.24, 2.45) is 11.8 Å². The first-order chi connectivity index (χ1) is 25.2. The van der Waals surface area contributed by atoms with Crippen LogP contribution in [0, 0.1) is 11.8 Å². The highest BCUT2D eigenvalue weighted by Crippen LogP contribution is 2.33. The van der Waals surface area contributed by atoms with E-state index in [-0.39, 0.29) is 17.8 Å². The molecule has 0 spiro atoms. The molecule has 3 aromatic carbocycles. The molecule has 53 heavy (non-hydrogen) atoms. The normalized spacial score (nSPS) is 12.8. The summed E-state index contributed by atoms with van der Waals surface area (Å²) in [6.07, 6.45) is 7.17. The Morgan fingerprint density at radius 3 is 1.13 bits per heavy atom. The van der Waals surface area contributed by atoms with Gasteiger partial charge in [0.25, 0.3) is 0 Å². The van der Waals surface area contributed by atoms with Crippen LogP contribution in [0.1, 0.15) is 104 Å². The Morgan fingerprint density at radius 1 is 0.453 bits per heavy atom. The summed E-state index contributed by atoms with van der Waals surface area (Å²) in [5.41, 5.74) is 9.20. The number of halogens is 1. The molecule has 0 aliphatic carbocycles. The van der Waals surface area contributed by atoms with Crippen molar-refractivity contribution in [3.63, 3.8) is 0 Å². The molecule has 6 nitrogen and oxygen atoms in total. The van der Waals surface area contributed by atoms with Crippen LogP contribution in [-0.2, 0) is 18.5 Å². The number of nitrogens with one attached hydrogen (secondary N) is 6. The van der Waals surface area contributed by atoms with Crippen LogP contribution in [0.3, 0.4) is 0 Å². The summed E-state index contributed by atoms with van der Waals surface area (Å²) in [4.78, 5) is 0. The van der Waals surface area contributed by atoms with Crippen molar-refractivity contribution >= 4 is 12.4 Å². The zero-order valence-corrected chi connectivity index (χ0v) is 35.5. The molecule has 0 bridgehead atoms. The van der Waals surface area contributed by atoms with E-state index in [0.29, 0.717) is 0 Å². The Hall–Kier alpha value is -2.29. The molecule has 0 radical (unpaired) electrons. The zero-order valence-electron chi connectivity index (χ0n) is 34.6. The van der Waals surface area contributed by atoms with Crippen LogP contribution >= 0.6 is 12.4 Å². The molecular weight excluding hydrogens is 672 g/mol. The lowest BCUT2D eigenvalue weighted by atomic mass is 9.83. The quantitative estimate of drug-likeness (QED) is 0.0417. The highest BCUT2D eigenvalue weighted by Gasteiger charge is 2.17. The fourth-order valence-electron chi connectivity index (χ4n) is 6.08. The summed E-state index contributed by atoms with van der Waals surface area (Å²) in [5, 5.41) is 21.5. The summed E-state index contributed by atoms with van der Waals surface area (Å²) in [6, 6.07) is 25.4. The summed E-state index contributed by atoms with van der Waals surface area (Å²) in [6.45, 7) is 28.7. The van der Waals surface area contributed by atoms with E-state index in [4.69, 9.17) is 0 Å². The minimum Gasteiger partial charge on any atom is -0.317 e. The highest BCUT2D eigenvalue weighted by molar-refractivity contribution is 5.85. The van der Waals surface area contributed by atoms with Gasteiger partial charge in [0, 0.05) is 13.1 Å². The molecule has 0 saturated heterocycles. The molecule has 0 fully saturated rings. The van der Waals surface area contributed by atoms with Gasteiger partial charge in [0.05, 0.1) is 0 Å². The van der Waals surface area contributed by atoms with Crippen LogP contribution in [0.25, 0.3) is 22.3 Å². The van der Waals surface area contributed by atoms with Crippen molar-refractivity contribution in [2.75, 3.05) is 65.4 Å². The minimum atomic E-state index is 0. The van der Waals surface area contributed by atoms with Gasteiger partial charge in [0.1, 0.15) is 0 Å². The minimum absolute atomic E-state index is 0. The van der Waals surface area contributed by atoms with Gasteiger partial charge in [0.2, 0.25) is 0 Å². The van der Waals surface area contributed by atoms with Crippen LogP contribution in [0.4, 0.5) is 0 Å². The van der Waals surface area contributed by atoms with Gasteiger partial charge < -0.3 is 31.9 Å². The van der Waals surface area contributed by atoms with Crippen LogP contribution in [0.15, 0.2) is 66.7 Å². The molecule has 2 unspecified atom stereocenters. The average Bonchev–Trinajstić information content (AvgIpc) is 3.15. The second-order valence-corrected chi connectivity index (χ2v) is 16.1. The largest absolute Gasteiger partial charge is 0.317 e. The fraction of sp³-hybridized carbons (Fsp3) is 0.609. The molecule has 298 valence electrons. The molecule has 0 amide bonds. The maximum atomic E-state index is 3.63. The fourth-order valence-corrected chi connectivity index (χ4v) is 6.08. The van der Waals surface area contributed by atoms with Crippen molar-refractivity contribution in [2.45, 2.75) is 105 Å². The van der Waals surface area contributed by atoms with Crippen molar-refractivity contribution < 1.29 is 0 Å². The maximum absolute atomic E-state index is 3.63. The van der Waals surface area contributed by atoms with Gasteiger partial charge in [-0.05, 0) is 153 Å². The zero-order chi connectivity index (χ0) is 37.4. The van der Waals surface area contributed by atoms with Crippen molar-refractivity contribution in [3.05, 3.63) is 83.4 Å². The lowest BCUT2D eigenvalue weighted by Gasteiger charge is -2.22. The maximum Gasteiger partial charge on any atom is 0.0205 e. The van der Waals surface area contributed by atoms with E-state index < -0.39 is 0 Å². The van der Waals surface area contributed by atoms with Crippen molar-refractivity contribution in [1.29, 1.82) is 0 Å². The third-order valence-electron chi connectivity index (χ3n) is 10.2. The predicted molar refractivity (Wildman–Crippen MR) is 236 cm³/mol. The van der Waals surface area contributed by atoms with Crippen LogP contribution in [0.5, 0.6) is 0 Å². The van der Waals surface area contributed by atoms with Gasteiger partial charge in [-0.1, -0.05) is 122 Å². The van der Waals surface area contributed by atoms with E-state index in [9.17, 15) is 0 Å². The molecular formula is C46H77ClN6. The summed E-state index contributed by atoms with van der Waals surface area (Å²) in [7, 11) is 0. The Labute approximate surface area is 331 Å². The van der Waals surface area contributed by atoms with E-state index in [2.05, 4.69) is 147 Å². The van der Waals surface area contributed by atoms with Gasteiger partial charge >= 0.3 is 0 Å². The van der Waals surface area contributed by atoms with E-state index >= 15 is 0 Å². The van der Waals surface area contributed by atoms with Gasteiger partial charge in [-0.25, -0.2) is 0 Å². The number of rotatable bonds is 28. The SMILES string of the molecule is CCC(C)CNCCCNCCCNCc1ccc(-c2cc(-c3ccc(CNCCCNCCCNCC(C)CC)cc3)cc(C(C)(C)C)c2)cc1.Cl. The number of hydrogen-bond acceptors (Lipinski definition) is 6. The Kier molecular flexibility index (Phi) is 24.2. The monoisotopic (exact) mass is 749 g/mol. The smallest absolute Gasteiger partial charge is 0.0205 e. The lowest BCUT2D eigenvalue weighted by Crippen LogP contribution is -2.27. The Morgan fingerprint density at radius 2 is 0.792 bits per heavy atom. The van der Waals surface area contributed by atoms with Crippen molar-refractivity contribution in [1.82, 2.24) is 31.9 Å². The molecule has 0 aliphatic rings. The molecule has 3 rings (SSSR count). The number of hydrogen-bond donors (Lipinski definition) is 6. The molecule has 7 heteroatoms. The Balaban J connectivity index is 0.00000972. The number of benzene rings is 3. The van der Waals surface area contributed by atoms with Crippen LogP contribution in [0.2, 0.25) is 0 Å². The second-order valence-electron chi connectivity index (χ2n) is 16.1. The highest BCUT2D eigenvalue weighted by atomic mass is 35.5. The molecule has 0 saturated carbocycles. The summed E-state index contributed by atoms with van der Waals surface area (Å²) < 4.78 is 0. The molecule has 6 N–H and O–H groups in total. The third kappa shape index (κ3) is 19.7. The van der Waals surface area contributed by atoms with E-state index in [0.717, 1.165) is 103 Å². The first-order valence-corrected chi connectivity index (χ1v) is 20.8. The summed E-state index contributed by atoms with van der Waals surface area (Å²) >= 11 is 0. The van der Waals surface area contributed by atoms with Gasteiger partial charge in [-0.2, -0.15) is 0 Å². The molecule has 0 aliphatic heterocycles. The second kappa shape index (κ2) is 27.3. The molecule has 0 heterocycles. The third-order valence-corrected chi connectivity index (χ3v) is 10.2. The van der Waals surface area contributed by atoms with Crippen molar-refractivity contribution in [3.8, 4) is 22.3 Å². The predicted octanol–water partition coefficient (Wildman–Crippen LogP) is 8.93. The van der Waals surface area contributed by atoms with Crippen LogP contribution in [-0.4, -0.2) is 65.4 Å². The molecule has 2 atom stereocenters. The standard InChI is InChI=1S/C46H76N6.ClH/c1-8-37(3)33-49-26-10-22-47-24-12-28-51-35-39-14-18-41(19-15-39)43-30-44(32-45(31-43)46(5,6)7)42-20-16-40(17-21-42)36-52-29-13-25-48-23-11-27-50-34-38(4)9-2;/h14-21,30-32,37-38,47-52H,8-13,22-29,33-36H2,1-7H3;1H. The van der Waals surface area contributed by atoms with E-state index in [1.807, 2.05) is 0 Å². The first kappa shape index (κ1) is 46.9.